The molecular formula is C29H24O. The van der Waals surface area contributed by atoms with Crippen molar-refractivity contribution >= 4 is 12.4 Å². The largest absolute Gasteiger partial charge is 0.302 e. The molecule has 4 rings (SSSR count). The molecule has 0 radical (unpaired) electrons. The van der Waals surface area contributed by atoms with Gasteiger partial charge in [0, 0.05) is 5.92 Å². The van der Waals surface area contributed by atoms with Crippen LogP contribution in [0.15, 0.2) is 127 Å². The van der Waals surface area contributed by atoms with Crippen molar-refractivity contribution in [2.24, 2.45) is 0 Å². The van der Waals surface area contributed by atoms with Gasteiger partial charge in [0.2, 0.25) is 0 Å². The van der Waals surface area contributed by atoms with Gasteiger partial charge in [0.15, 0.2) is 0 Å². The molecule has 0 aliphatic heterocycles. The molecule has 1 unspecified atom stereocenters. The Morgan fingerprint density at radius 3 is 1.47 bits per heavy atom. The van der Waals surface area contributed by atoms with Crippen molar-refractivity contribution in [3.05, 3.63) is 150 Å². The summed E-state index contributed by atoms with van der Waals surface area (Å²) in [7, 11) is 0. The second-order valence-corrected chi connectivity index (χ2v) is 7.38. The Morgan fingerprint density at radius 2 is 1.00 bits per heavy atom. The lowest BCUT2D eigenvalue weighted by atomic mass is 9.64. The van der Waals surface area contributed by atoms with Crippen LogP contribution in [0.4, 0.5) is 0 Å². The van der Waals surface area contributed by atoms with Gasteiger partial charge in [-0.3, -0.25) is 0 Å². The molecule has 0 N–H and O–H groups in total. The number of carbonyl (C=O) groups is 1. The summed E-state index contributed by atoms with van der Waals surface area (Å²) >= 11 is 0. The molecule has 0 heterocycles. The maximum atomic E-state index is 13.0. The van der Waals surface area contributed by atoms with E-state index < -0.39 is 5.41 Å². The second-order valence-electron chi connectivity index (χ2n) is 7.38. The maximum Gasteiger partial charge on any atom is 0.135 e. The first kappa shape index (κ1) is 19.6. The van der Waals surface area contributed by atoms with Gasteiger partial charge in [-0.1, -0.05) is 133 Å². The van der Waals surface area contributed by atoms with E-state index in [0.29, 0.717) is 0 Å². The van der Waals surface area contributed by atoms with E-state index in [4.69, 9.17) is 0 Å². The zero-order valence-electron chi connectivity index (χ0n) is 16.8. The number of allylic oxidation sites excluding steroid dienone is 1. The smallest absolute Gasteiger partial charge is 0.135 e. The first-order valence-electron chi connectivity index (χ1n) is 10.2. The van der Waals surface area contributed by atoms with E-state index in [2.05, 4.69) is 36.4 Å². The van der Waals surface area contributed by atoms with Crippen LogP contribution in [0.5, 0.6) is 0 Å². The predicted molar refractivity (Wildman–Crippen MR) is 124 cm³/mol. The maximum absolute atomic E-state index is 13.0. The van der Waals surface area contributed by atoms with E-state index in [0.717, 1.165) is 28.5 Å². The number of carbonyl (C=O) groups excluding carboxylic acids is 1. The van der Waals surface area contributed by atoms with Gasteiger partial charge in [0.25, 0.3) is 0 Å². The van der Waals surface area contributed by atoms with Gasteiger partial charge in [-0.25, -0.2) is 0 Å². The molecule has 0 amide bonds. The quantitative estimate of drug-likeness (QED) is 0.323. The highest BCUT2D eigenvalue weighted by Gasteiger charge is 2.41. The Labute approximate surface area is 178 Å². The van der Waals surface area contributed by atoms with Gasteiger partial charge in [-0.05, 0) is 22.3 Å². The summed E-state index contributed by atoms with van der Waals surface area (Å²) in [5, 5.41) is 0. The van der Waals surface area contributed by atoms with E-state index in [1.54, 1.807) is 0 Å². The van der Waals surface area contributed by atoms with Crippen molar-refractivity contribution < 1.29 is 4.79 Å². The van der Waals surface area contributed by atoms with Crippen molar-refractivity contribution in [3.63, 3.8) is 0 Å². The normalized spacial score (nSPS) is 12.5. The molecule has 0 aliphatic rings. The Balaban J connectivity index is 1.96. The van der Waals surface area contributed by atoms with Crippen molar-refractivity contribution in [1.82, 2.24) is 0 Å². The van der Waals surface area contributed by atoms with E-state index in [1.165, 1.54) is 0 Å². The molecule has 1 atom stereocenters. The van der Waals surface area contributed by atoms with Crippen LogP contribution in [0.25, 0.3) is 6.08 Å². The molecule has 0 saturated carbocycles. The van der Waals surface area contributed by atoms with Gasteiger partial charge in [-0.2, -0.15) is 0 Å². The van der Waals surface area contributed by atoms with Gasteiger partial charge in [0.1, 0.15) is 6.29 Å². The highest BCUT2D eigenvalue weighted by atomic mass is 16.1. The molecule has 4 aromatic rings. The first-order chi connectivity index (χ1) is 14.8. The predicted octanol–water partition coefficient (Wildman–Crippen LogP) is 6.67. The van der Waals surface area contributed by atoms with Crippen molar-refractivity contribution in [3.8, 4) is 0 Å². The number of hydrogen-bond donors (Lipinski definition) is 0. The molecule has 0 fully saturated rings. The third kappa shape index (κ3) is 3.88. The molecule has 1 heteroatoms. The fourth-order valence-corrected chi connectivity index (χ4v) is 4.12. The topological polar surface area (TPSA) is 17.1 Å². The highest BCUT2D eigenvalue weighted by molar-refractivity contribution is 5.79. The molecule has 1 nitrogen and oxygen atoms in total. The summed E-state index contributed by atoms with van der Waals surface area (Å²) in [5.74, 6) is -0.166. The standard InChI is InChI=1S/C29H24O/c30-23-29(26-17-9-3-10-18-26,27-19-11-4-12-20-27)28(25-15-7-2-8-16-25)22-21-24-13-5-1-6-14-24/h1-23,28H/b22-21+. The summed E-state index contributed by atoms with van der Waals surface area (Å²) in [5.41, 5.74) is 3.34. The Bertz CT molecular complexity index is 1040. The van der Waals surface area contributed by atoms with Gasteiger partial charge < -0.3 is 4.79 Å². The first-order valence-corrected chi connectivity index (χ1v) is 10.2. The zero-order valence-corrected chi connectivity index (χ0v) is 16.8. The SMILES string of the molecule is O=CC(c1ccccc1)(c1ccccc1)C(/C=C/c1ccccc1)c1ccccc1. The van der Waals surface area contributed by atoms with Crippen LogP contribution < -0.4 is 0 Å². The minimum Gasteiger partial charge on any atom is -0.302 e. The second kappa shape index (κ2) is 9.19. The van der Waals surface area contributed by atoms with Gasteiger partial charge >= 0.3 is 0 Å². The fourth-order valence-electron chi connectivity index (χ4n) is 4.12. The van der Waals surface area contributed by atoms with Crippen LogP contribution in [0.1, 0.15) is 28.2 Å². The highest BCUT2D eigenvalue weighted by Crippen LogP contribution is 2.44. The lowest BCUT2D eigenvalue weighted by molar-refractivity contribution is -0.111. The fraction of sp³-hybridized carbons (Fsp3) is 0.0690. The summed E-state index contributed by atoms with van der Waals surface area (Å²) in [4.78, 5) is 13.0. The molecule has 0 bridgehead atoms. The summed E-state index contributed by atoms with van der Waals surface area (Å²) in [6.45, 7) is 0. The Hall–Kier alpha value is -3.71. The Kier molecular flexibility index (Phi) is 6.01. The zero-order chi connectivity index (χ0) is 20.7. The van der Waals surface area contributed by atoms with Crippen LogP contribution in [0.3, 0.4) is 0 Å². The van der Waals surface area contributed by atoms with Crippen LogP contribution in [0, 0.1) is 0 Å². The average Bonchev–Trinajstić information content (AvgIpc) is 2.84. The Morgan fingerprint density at radius 1 is 0.567 bits per heavy atom. The summed E-state index contributed by atoms with van der Waals surface area (Å²) in [6, 6.07) is 40.7. The molecule has 30 heavy (non-hydrogen) atoms. The van der Waals surface area contributed by atoms with Crippen LogP contribution >= 0.6 is 0 Å². The van der Waals surface area contributed by atoms with E-state index in [1.807, 2.05) is 97.1 Å². The number of hydrogen-bond acceptors (Lipinski definition) is 1. The minimum absolute atomic E-state index is 0.166. The number of aldehydes is 1. The molecule has 4 aromatic carbocycles. The van der Waals surface area contributed by atoms with Crippen LogP contribution in [-0.4, -0.2) is 6.29 Å². The van der Waals surface area contributed by atoms with E-state index in [-0.39, 0.29) is 5.92 Å². The molecular weight excluding hydrogens is 364 g/mol. The van der Waals surface area contributed by atoms with Gasteiger partial charge in [-0.15, -0.1) is 0 Å². The molecule has 0 spiro atoms. The average molecular weight is 389 g/mol. The molecule has 0 aromatic heterocycles. The molecule has 146 valence electrons. The number of benzene rings is 4. The monoisotopic (exact) mass is 388 g/mol. The third-order valence-electron chi connectivity index (χ3n) is 5.62. The third-order valence-corrected chi connectivity index (χ3v) is 5.62. The summed E-state index contributed by atoms with van der Waals surface area (Å²) in [6.07, 6.45) is 5.39. The van der Waals surface area contributed by atoms with E-state index >= 15 is 0 Å². The minimum atomic E-state index is -0.838. The lowest BCUT2D eigenvalue weighted by Crippen LogP contribution is -2.36. The van der Waals surface area contributed by atoms with Crippen molar-refractivity contribution in [1.29, 1.82) is 0 Å². The molecule has 0 saturated heterocycles. The van der Waals surface area contributed by atoms with Crippen molar-refractivity contribution in [2.75, 3.05) is 0 Å². The van der Waals surface area contributed by atoms with Crippen LogP contribution in [-0.2, 0) is 10.2 Å². The van der Waals surface area contributed by atoms with Crippen molar-refractivity contribution in [2.45, 2.75) is 11.3 Å². The number of rotatable bonds is 7. The summed E-state index contributed by atoms with van der Waals surface area (Å²) < 4.78 is 0. The van der Waals surface area contributed by atoms with Gasteiger partial charge in [0.05, 0.1) is 5.41 Å². The molecule has 0 aliphatic carbocycles. The lowest BCUT2D eigenvalue weighted by Gasteiger charge is -2.36. The van der Waals surface area contributed by atoms with Crippen LogP contribution in [0.2, 0.25) is 0 Å². The van der Waals surface area contributed by atoms with E-state index in [9.17, 15) is 4.79 Å².